The van der Waals surface area contributed by atoms with Crippen molar-refractivity contribution in [3.05, 3.63) is 59.9 Å². The van der Waals surface area contributed by atoms with Crippen molar-refractivity contribution < 1.29 is 22.3 Å². The van der Waals surface area contributed by atoms with Gasteiger partial charge in [-0.05, 0) is 36.8 Å². The average molecular weight is 394 g/mol. The van der Waals surface area contributed by atoms with Gasteiger partial charge in [0.2, 0.25) is 15.9 Å². The van der Waals surface area contributed by atoms with Crippen molar-refractivity contribution in [1.29, 1.82) is 0 Å². The number of benzene rings is 2. The van der Waals surface area contributed by atoms with E-state index in [4.69, 9.17) is 4.74 Å². The number of rotatable bonds is 8. The molecular formula is C19H23FN2O4S. The highest BCUT2D eigenvalue weighted by molar-refractivity contribution is 7.92. The molecule has 146 valence electrons. The van der Waals surface area contributed by atoms with Crippen LogP contribution in [-0.2, 0) is 21.4 Å². The number of amides is 1. The zero-order chi connectivity index (χ0) is 20.0. The van der Waals surface area contributed by atoms with E-state index in [1.54, 1.807) is 13.0 Å². The number of para-hydroxylation sites is 1. The van der Waals surface area contributed by atoms with E-state index >= 15 is 0 Å². The van der Waals surface area contributed by atoms with Gasteiger partial charge in [-0.25, -0.2) is 12.8 Å². The first kappa shape index (κ1) is 20.7. The molecule has 0 fully saturated rings. The minimum atomic E-state index is -3.76. The number of methoxy groups -OCH3 is 1. The molecular weight excluding hydrogens is 371 g/mol. The zero-order valence-corrected chi connectivity index (χ0v) is 16.3. The molecule has 1 atom stereocenters. The fourth-order valence-electron chi connectivity index (χ4n) is 2.80. The van der Waals surface area contributed by atoms with Crippen LogP contribution in [-0.4, -0.2) is 33.7 Å². The first-order valence-corrected chi connectivity index (χ1v) is 10.3. The van der Waals surface area contributed by atoms with Gasteiger partial charge in [-0.15, -0.1) is 0 Å². The number of sulfonamides is 1. The van der Waals surface area contributed by atoms with Gasteiger partial charge in [0.25, 0.3) is 0 Å². The van der Waals surface area contributed by atoms with E-state index in [1.165, 1.54) is 19.2 Å². The molecule has 8 heteroatoms. The second-order valence-electron chi connectivity index (χ2n) is 5.99. The predicted molar refractivity (Wildman–Crippen MR) is 103 cm³/mol. The van der Waals surface area contributed by atoms with E-state index in [0.717, 1.165) is 28.3 Å². The molecule has 27 heavy (non-hydrogen) atoms. The Kier molecular flexibility index (Phi) is 6.79. The molecule has 0 saturated heterocycles. The lowest BCUT2D eigenvalue weighted by Crippen LogP contribution is -2.49. The van der Waals surface area contributed by atoms with E-state index in [2.05, 4.69) is 5.32 Å². The van der Waals surface area contributed by atoms with Gasteiger partial charge in [0.1, 0.15) is 17.6 Å². The van der Waals surface area contributed by atoms with E-state index < -0.39 is 27.8 Å². The van der Waals surface area contributed by atoms with E-state index in [1.807, 2.05) is 18.2 Å². The van der Waals surface area contributed by atoms with Gasteiger partial charge in [0, 0.05) is 12.1 Å². The van der Waals surface area contributed by atoms with Gasteiger partial charge < -0.3 is 10.1 Å². The highest BCUT2D eigenvalue weighted by Gasteiger charge is 2.31. The van der Waals surface area contributed by atoms with E-state index in [9.17, 15) is 17.6 Å². The monoisotopic (exact) mass is 394 g/mol. The highest BCUT2D eigenvalue weighted by Crippen LogP contribution is 2.23. The second-order valence-corrected chi connectivity index (χ2v) is 7.85. The van der Waals surface area contributed by atoms with Gasteiger partial charge in [-0.3, -0.25) is 9.10 Å². The van der Waals surface area contributed by atoms with Crippen molar-refractivity contribution in [2.75, 3.05) is 17.7 Å². The van der Waals surface area contributed by atoms with Crippen LogP contribution in [0.3, 0.4) is 0 Å². The first-order chi connectivity index (χ1) is 12.8. The first-order valence-electron chi connectivity index (χ1n) is 8.42. The maximum atomic E-state index is 13.2. The quantitative estimate of drug-likeness (QED) is 0.747. The molecule has 6 nitrogen and oxygen atoms in total. The van der Waals surface area contributed by atoms with Gasteiger partial charge in [0.15, 0.2) is 0 Å². The number of carbonyl (C=O) groups excluding carboxylic acids is 1. The van der Waals surface area contributed by atoms with Crippen molar-refractivity contribution in [1.82, 2.24) is 5.32 Å². The Morgan fingerprint density at radius 1 is 1.19 bits per heavy atom. The van der Waals surface area contributed by atoms with Crippen molar-refractivity contribution in [2.45, 2.75) is 25.9 Å². The largest absolute Gasteiger partial charge is 0.496 e. The van der Waals surface area contributed by atoms with Crippen molar-refractivity contribution in [2.24, 2.45) is 0 Å². The maximum Gasteiger partial charge on any atom is 0.244 e. The lowest BCUT2D eigenvalue weighted by atomic mass is 10.1. The Morgan fingerprint density at radius 2 is 1.81 bits per heavy atom. The third-order valence-corrected chi connectivity index (χ3v) is 5.24. The number of halogens is 1. The van der Waals surface area contributed by atoms with Gasteiger partial charge in [-0.1, -0.05) is 25.1 Å². The molecule has 0 aromatic heterocycles. The van der Waals surface area contributed by atoms with Gasteiger partial charge in [-0.2, -0.15) is 0 Å². The fraction of sp³-hybridized carbons (Fsp3) is 0.316. The standard InChI is InChI=1S/C19H23FN2O4S/c1-4-17(19(23)21-13-14-7-5-6-8-18(14)26-2)22(27(3,24)25)16-11-9-15(20)10-12-16/h5-12,17H,4,13H2,1-3H3,(H,21,23). The SMILES string of the molecule is CCC(C(=O)NCc1ccccc1OC)N(c1ccc(F)cc1)S(C)(=O)=O. The van der Waals surface area contributed by atoms with Crippen LogP contribution in [0.5, 0.6) is 5.75 Å². The molecule has 0 spiro atoms. The van der Waals surface area contributed by atoms with Crippen LogP contribution in [0.4, 0.5) is 10.1 Å². The molecule has 0 saturated carbocycles. The minimum absolute atomic E-state index is 0.195. The normalized spacial score (nSPS) is 12.3. The van der Waals surface area contributed by atoms with Crippen molar-refractivity contribution in [3.63, 3.8) is 0 Å². The molecule has 1 unspecified atom stereocenters. The summed E-state index contributed by atoms with van der Waals surface area (Å²) in [7, 11) is -2.22. The molecule has 0 heterocycles. The molecule has 0 aliphatic rings. The van der Waals surface area contributed by atoms with Crippen LogP contribution in [0.1, 0.15) is 18.9 Å². The summed E-state index contributed by atoms with van der Waals surface area (Å²) in [6.07, 6.45) is 1.27. The second kappa shape index (κ2) is 8.85. The molecule has 2 rings (SSSR count). The summed E-state index contributed by atoms with van der Waals surface area (Å²) >= 11 is 0. The Balaban J connectivity index is 2.25. The highest BCUT2D eigenvalue weighted by atomic mass is 32.2. The summed E-state index contributed by atoms with van der Waals surface area (Å²) in [5.41, 5.74) is 1.01. The zero-order valence-electron chi connectivity index (χ0n) is 15.5. The Bertz CT molecular complexity index is 885. The lowest BCUT2D eigenvalue weighted by molar-refractivity contribution is -0.122. The number of carbonyl (C=O) groups is 1. The fourth-order valence-corrected chi connectivity index (χ4v) is 4.01. The Morgan fingerprint density at radius 3 is 2.37 bits per heavy atom. The summed E-state index contributed by atoms with van der Waals surface area (Å²) in [6, 6.07) is 11.3. The van der Waals surface area contributed by atoms with Crippen LogP contribution >= 0.6 is 0 Å². The molecule has 0 aliphatic carbocycles. The number of nitrogens with one attached hydrogen (secondary N) is 1. The maximum absolute atomic E-state index is 13.2. The van der Waals surface area contributed by atoms with Gasteiger partial charge >= 0.3 is 0 Å². The summed E-state index contributed by atoms with van der Waals surface area (Å²) < 4.78 is 44.1. The van der Waals surface area contributed by atoms with Gasteiger partial charge in [0.05, 0.1) is 19.1 Å². The number of ether oxygens (including phenoxy) is 1. The Hall–Kier alpha value is -2.61. The van der Waals surface area contributed by atoms with E-state index in [-0.39, 0.29) is 18.7 Å². The molecule has 1 amide bonds. The summed E-state index contributed by atoms with van der Waals surface area (Å²) in [6.45, 7) is 1.91. The topological polar surface area (TPSA) is 75.7 Å². The Labute approximate surface area is 159 Å². The molecule has 1 N–H and O–H groups in total. The van der Waals surface area contributed by atoms with Crippen LogP contribution in [0.2, 0.25) is 0 Å². The van der Waals surface area contributed by atoms with Crippen LogP contribution in [0.25, 0.3) is 0 Å². The molecule has 2 aromatic carbocycles. The summed E-state index contributed by atoms with van der Waals surface area (Å²) in [4.78, 5) is 12.7. The smallest absolute Gasteiger partial charge is 0.244 e. The third kappa shape index (κ3) is 5.19. The number of hydrogen-bond donors (Lipinski definition) is 1. The van der Waals surface area contributed by atoms with Crippen molar-refractivity contribution >= 4 is 21.6 Å². The average Bonchev–Trinajstić information content (AvgIpc) is 2.64. The van der Waals surface area contributed by atoms with Crippen molar-refractivity contribution in [3.8, 4) is 5.75 Å². The lowest BCUT2D eigenvalue weighted by Gasteiger charge is -2.30. The number of nitrogens with zero attached hydrogens (tertiary/aromatic N) is 1. The number of anilines is 1. The summed E-state index contributed by atoms with van der Waals surface area (Å²) in [5.74, 6) is -0.302. The molecule has 0 aliphatic heterocycles. The molecule has 0 bridgehead atoms. The predicted octanol–water partition coefficient (Wildman–Crippen LogP) is 2.70. The summed E-state index contributed by atoms with van der Waals surface area (Å²) in [5, 5.41) is 2.76. The molecule has 0 radical (unpaired) electrons. The molecule has 2 aromatic rings. The van der Waals surface area contributed by atoms with E-state index in [0.29, 0.717) is 5.75 Å². The van der Waals surface area contributed by atoms with Crippen LogP contribution in [0, 0.1) is 5.82 Å². The number of hydrogen-bond acceptors (Lipinski definition) is 4. The van der Waals surface area contributed by atoms with Crippen LogP contribution < -0.4 is 14.4 Å². The third-order valence-electron chi connectivity index (χ3n) is 4.06. The minimum Gasteiger partial charge on any atom is -0.496 e. The van der Waals surface area contributed by atoms with Crippen LogP contribution in [0.15, 0.2) is 48.5 Å².